The lowest BCUT2D eigenvalue weighted by molar-refractivity contribution is -0.146. The highest BCUT2D eigenvalue weighted by atomic mass is 16.4. The number of piperidine rings is 1. The molecule has 0 radical (unpaired) electrons. The average Bonchev–Trinajstić information content (AvgIpc) is 2.42. The number of oxime groups is 1. The molecule has 0 atom stereocenters. The molecule has 2 fully saturated rings. The van der Waals surface area contributed by atoms with Crippen LogP contribution in [0.15, 0.2) is 5.16 Å². The standard InChI is InChI=1S/C14H26N4O2/c1-10-8-14(9-10,12(15)16-20)13(19)18(3)11-4-6-17(2)7-5-11/h10-11,20H,4-9H2,1-3H3,(H2,15,16). The van der Waals surface area contributed by atoms with Gasteiger partial charge in [0.25, 0.3) is 0 Å². The van der Waals surface area contributed by atoms with Gasteiger partial charge in [0.2, 0.25) is 5.91 Å². The van der Waals surface area contributed by atoms with Gasteiger partial charge in [-0.05, 0) is 51.7 Å². The molecule has 20 heavy (non-hydrogen) atoms. The van der Waals surface area contributed by atoms with Crippen molar-refractivity contribution in [2.24, 2.45) is 22.2 Å². The van der Waals surface area contributed by atoms with Crippen molar-refractivity contribution in [3.8, 4) is 0 Å². The number of amidine groups is 1. The first kappa shape index (κ1) is 15.1. The fraction of sp³-hybridized carbons (Fsp3) is 0.857. The number of hydrogen-bond acceptors (Lipinski definition) is 4. The molecule has 0 spiro atoms. The smallest absolute Gasteiger partial charge is 0.236 e. The first-order chi connectivity index (χ1) is 9.40. The molecule has 1 aliphatic heterocycles. The summed E-state index contributed by atoms with van der Waals surface area (Å²) >= 11 is 0. The zero-order valence-corrected chi connectivity index (χ0v) is 12.7. The number of nitrogens with two attached hydrogens (primary N) is 1. The monoisotopic (exact) mass is 282 g/mol. The zero-order chi connectivity index (χ0) is 14.9. The normalized spacial score (nSPS) is 32.8. The highest BCUT2D eigenvalue weighted by Gasteiger charge is 2.53. The number of rotatable bonds is 3. The van der Waals surface area contributed by atoms with E-state index in [1.54, 1.807) is 0 Å². The second-order valence-corrected chi connectivity index (χ2v) is 6.53. The van der Waals surface area contributed by atoms with Gasteiger partial charge in [-0.2, -0.15) is 0 Å². The molecule has 1 heterocycles. The average molecular weight is 282 g/mol. The van der Waals surface area contributed by atoms with Gasteiger partial charge in [0.1, 0.15) is 5.41 Å². The van der Waals surface area contributed by atoms with Crippen LogP contribution in [0.3, 0.4) is 0 Å². The number of carbonyl (C=O) groups excluding carboxylic acids is 1. The predicted molar refractivity (Wildman–Crippen MR) is 77.5 cm³/mol. The number of amides is 1. The Morgan fingerprint density at radius 3 is 2.40 bits per heavy atom. The predicted octanol–water partition coefficient (Wildman–Crippen LogP) is 0.702. The second-order valence-electron chi connectivity index (χ2n) is 6.53. The van der Waals surface area contributed by atoms with Crippen molar-refractivity contribution >= 4 is 11.7 Å². The van der Waals surface area contributed by atoms with E-state index in [1.807, 2.05) is 11.9 Å². The minimum absolute atomic E-state index is 0.0143. The van der Waals surface area contributed by atoms with Crippen LogP contribution in [0.5, 0.6) is 0 Å². The third-order valence-electron chi connectivity index (χ3n) is 4.96. The number of likely N-dealkylation sites (tertiary alicyclic amines) is 1. The Morgan fingerprint density at radius 1 is 1.40 bits per heavy atom. The molecule has 3 N–H and O–H groups in total. The van der Waals surface area contributed by atoms with E-state index in [9.17, 15) is 4.79 Å². The molecule has 0 aromatic heterocycles. The van der Waals surface area contributed by atoms with E-state index in [4.69, 9.17) is 10.9 Å². The quantitative estimate of drug-likeness (QED) is 0.345. The van der Waals surface area contributed by atoms with E-state index in [2.05, 4.69) is 24.0 Å². The van der Waals surface area contributed by atoms with Crippen molar-refractivity contribution in [2.75, 3.05) is 27.2 Å². The molecule has 114 valence electrons. The number of hydrogen-bond donors (Lipinski definition) is 2. The largest absolute Gasteiger partial charge is 0.409 e. The van der Waals surface area contributed by atoms with Gasteiger partial charge in [0, 0.05) is 13.1 Å². The van der Waals surface area contributed by atoms with E-state index in [1.165, 1.54) is 0 Å². The maximum atomic E-state index is 12.8. The molecule has 6 nitrogen and oxygen atoms in total. The molecule has 1 saturated heterocycles. The van der Waals surface area contributed by atoms with Crippen LogP contribution in [0.4, 0.5) is 0 Å². The first-order valence-electron chi connectivity index (χ1n) is 7.34. The minimum atomic E-state index is -0.772. The Bertz CT molecular complexity index is 396. The summed E-state index contributed by atoms with van der Waals surface area (Å²) in [4.78, 5) is 16.9. The summed E-state index contributed by atoms with van der Waals surface area (Å²) in [6, 6.07) is 0.262. The molecule has 1 saturated carbocycles. The van der Waals surface area contributed by atoms with Crippen molar-refractivity contribution in [3.63, 3.8) is 0 Å². The highest BCUT2D eigenvalue weighted by molar-refractivity contribution is 6.07. The molecule has 0 aromatic carbocycles. The summed E-state index contributed by atoms with van der Waals surface area (Å²) in [6.45, 7) is 4.11. The highest BCUT2D eigenvalue weighted by Crippen LogP contribution is 2.47. The van der Waals surface area contributed by atoms with Crippen molar-refractivity contribution < 1.29 is 10.0 Å². The molecular formula is C14H26N4O2. The van der Waals surface area contributed by atoms with Crippen LogP contribution in [0.2, 0.25) is 0 Å². The van der Waals surface area contributed by atoms with Crippen LogP contribution in [-0.2, 0) is 4.79 Å². The molecular weight excluding hydrogens is 256 g/mol. The van der Waals surface area contributed by atoms with Gasteiger partial charge < -0.3 is 20.7 Å². The molecule has 1 amide bonds. The topological polar surface area (TPSA) is 82.2 Å². The molecule has 2 rings (SSSR count). The Kier molecular flexibility index (Phi) is 4.22. The maximum absolute atomic E-state index is 12.8. The molecule has 1 aliphatic carbocycles. The van der Waals surface area contributed by atoms with Gasteiger partial charge in [0.05, 0.1) is 0 Å². The van der Waals surface area contributed by atoms with E-state index < -0.39 is 5.41 Å². The van der Waals surface area contributed by atoms with Crippen molar-refractivity contribution in [2.45, 2.75) is 38.6 Å². The third-order valence-corrected chi connectivity index (χ3v) is 4.96. The lowest BCUT2D eigenvalue weighted by Gasteiger charge is -2.47. The van der Waals surface area contributed by atoms with Gasteiger partial charge in [-0.15, -0.1) is 0 Å². The van der Waals surface area contributed by atoms with E-state index in [0.717, 1.165) is 25.9 Å². The molecule has 6 heteroatoms. The molecule has 0 unspecified atom stereocenters. The van der Waals surface area contributed by atoms with Crippen LogP contribution in [0.25, 0.3) is 0 Å². The molecule has 2 aliphatic rings. The van der Waals surface area contributed by atoms with Gasteiger partial charge >= 0.3 is 0 Å². The Labute approximate surface area is 120 Å². The van der Waals surface area contributed by atoms with E-state index >= 15 is 0 Å². The van der Waals surface area contributed by atoms with Crippen molar-refractivity contribution in [1.82, 2.24) is 9.80 Å². The number of carbonyl (C=O) groups is 1. The second kappa shape index (κ2) is 5.60. The van der Waals surface area contributed by atoms with Crippen LogP contribution >= 0.6 is 0 Å². The van der Waals surface area contributed by atoms with Gasteiger partial charge in [-0.3, -0.25) is 4.79 Å². The van der Waals surface area contributed by atoms with Crippen LogP contribution in [0, 0.1) is 11.3 Å². The SMILES string of the molecule is CC1CC(C(=O)N(C)C2CCN(C)CC2)(C(N)=NO)C1. The van der Waals surface area contributed by atoms with E-state index in [-0.39, 0.29) is 17.8 Å². The third kappa shape index (κ3) is 2.49. The minimum Gasteiger partial charge on any atom is -0.409 e. The van der Waals surface area contributed by atoms with Gasteiger partial charge in [-0.1, -0.05) is 12.1 Å². The zero-order valence-electron chi connectivity index (χ0n) is 12.7. The summed E-state index contributed by atoms with van der Waals surface area (Å²) in [5, 5.41) is 12.1. The van der Waals surface area contributed by atoms with Crippen LogP contribution in [0.1, 0.15) is 32.6 Å². The van der Waals surface area contributed by atoms with Gasteiger partial charge in [-0.25, -0.2) is 0 Å². The lowest BCUT2D eigenvalue weighted by atomic mass is 9.61. The fourth-order valence-electron chi connectivity index (χ4n) is 3.60. The van der Waals surface area contributed by atoms with Crippen molar-refractivity contribution in [1.29, 1.82) is 0 Å². The summed E-state index contributed by atoms with van der Waals surface area (Å²) in [5.41, 5.74) is 5.04. The Balaban J connectivity index is 2.08. The Hall–Kier alpha value is -1.30. The van der Waals surface area contributed by atoms with Crippen LogP contribution in [-0.4, -0.2) is 60.0 Å². The lowest BCUT2D eigenvalue weighted by Crippen LogP contribution is -2.59. The summed E-state index contributed by atoms with van der Waals surface area (Å²) in [5.74, 6) is 0.533. The maximum Gasteiger partial charge on any atom is 0.236 e. The molecule has 0 aromatic rings. The summed E-state index contributed by atoms with van der Waals surface area (Å²) in [6.07, 6.45) is 3.33. The van der Waals surface area contributed by atoms with E-state index in [0.29, 0.717) is 18.8 Å². The Morgan fingerprint density at radius 2 is 1.95 bits per heavy atom. The van der Waals surface area contributed by atoms with Crippen molar-refractivity contribution in [3.05, 3.63) is 0 Å². The van der Waals surface area contributed by atoms with Gasteiger partial charge in [0.15, 0.2) is 5.84 Å². The first-order valence-corrected chi connectivity index (χ1v) is 7.34. The summed E-state index contributed by atoms with van der Waals surface area (Å²) in [7, 11) is 3.96. The molecule has 0 bridgehead atoms. The summed E-state index contributed by atoms with van der Waals surface area (Å²) < 4.78 is 0. The fourth-order valence-corrected chi connectivity index (χ4v) is 3.60. The number of nitrogens with zero attached hydrogens (tertiary/aromatic N) is 3. The van der Waals surface area contributed by atoms with Crippen LogP contribution < -0.4 is 5.73 Å².